The van der Waals surface area contributed by atoms with E-state index in [2.05, 4.69) is 10.3 Å². The Morgan fingerprint density at radius 2 is 1.93 bits per heavy atom. The van der Waals surface area contributed by atoms with E-state index in [1.165, 1.54) is 22.3 Å². The van der Waals surface area contributed by atoms with Crippen molar-refractivity contribution in [2.24, 2.45) is 0 Å². The van der Waals surface area contributed by atoms with Crippen molar-refractivity contribution in [3.05, 3.63) is 47.1 Å². The second-order valence-electron chi connectivity index (χ2n) is 7.01. The molecule has 1 amide bonds. The number of hydrogen-bond acceptors (Lipinski definition) is 5. The number of benzene rings is 1. The fourth-order valence-electron chi connectivity index (χ4n) is 3.04. The van der Waals surface area contributed by atoms with Crippen molar-refractivity contribution in [3.8, 4) is 0 Å². The summed E-state index contributed by atoms with van der Waals surface area (Å²) in [6.07, 6.45) is 4.21. The number of halogens is 1. The van der Waals surface area contributed by atoms with Crippen LogP contribution >= 0.6 is 23.4 Å². The summed E-state index contributed by atoms with van der Waals surface area (Å²) in [6, 6.07) is 8.54. The van der Waals surface area contributed by atoms with Crippen molar-refractivity contribution in [3.63, 3.8) is 0 Å². The van der Waals surface area contributed by atoms with Gasteiger partial charge >= 0.3 is 0 Å². The summed E-state index contributed by atoms with van der Waals surface area (Å²) in [4.78, 5) is 17.0. The van der Waals surface area contributed by atoms with E-state index in [-0.39, 0.29) is 10.8 Å². The number of amides is 1. The second-order valence-corrected chi connectivity index (χ2v) is 10.7. The Morgan fingerprint density at radius 1 is 1.21 bits per heavy atom. The lowest BCUT2D eigenvalue weighted by Gasteiger charge is -2.25. The Bertz CT molecular complexity index is 975. The third-order valence-electron chi connectivity index (χ3n) is 4.79. The predicted molar refractivity (Wildman–Crippen MR) is 117 cm³/mol. The first-order valence-corrected chi connectivity index (χ1v) is 12.2. The van der Waals surface area contributed by atoms with Crippen molar-refractivity contribution in [2.75, 3.05) is 18.4 Å². The Kier molecular flexibility index (Phi) is 7.21. The van der Waals surface area contributed by atoms with Crippen LogP contribution < -0.4 is 5.32 Å². The summed E-state index contributed by atoms with van der Waals surface area (Å²) in [5, 5.41) is 3.61. The van der Waals surface area contributed by atoms with Gasteiger partial charge in [0.15, 0.2) is 0 Å². The molecular weight excluding hydrogens is 430 g/mol. The molecule has 1 atom stereocenters. The number of nitrogens with zero attached hydrogens (tertiary/aromatic N) is 2. The van der Waals surface area contributed by atoms with Gasteiger partial charge in [-0.2, -0.15) is 4.31 Å². The van der Waals surface area contributed by atoms with Gasteiger partial charge < -0.3 is 5.32 Å². The van der Waals surface area contributed by atoms with E-state index in [9.17, 15) is 13.2 Å². The topological polar surface area (TPSA) is 79.4 Å². The molecule has 1 aliphatic rings. The molecule has 29 heavy (non-hydrogen) atoms. The number of anilines is 1. The van der Waals surface area contributed by atoms with E-state index < -0.39 is 15.3 Å². The highest BCUT2D eigenvalue weighted by molar-refractivity contribution is 8.00. The molecule has 2 heterocycles. The lowest BCUT2D eigenvalue weighted by Crippen LogP contribution is -2.35. The summed E-state index contributed by atoms with van der Waals surface area (Å²) in [6.45, 7) is 4.78. The molecule has 1 N–H and O–H groups in total. The molecule has 0 aliphatic carbocycles. The molecule has 1 unspecified atom stereocenters. The summed E-state index contributed by atoms with van der Waals surface area (Å²) in [5.41, 5.74) is 1.59. The van der Waals surface area contributed by atoms with Crippen LogP contribution in [-0.2, 0) is 14.8 Å². The summed E-state index contributed by atoms with van der Waals surface area (Å²) >= 11 is 7.27. The van der Waals surface area contributed by atoms with Gasteiger partial charge in [-0.1, -0.05) is 35.9 Å². The first-order valence-electron chi connectivity index (χ1n) is 9.47. The van der Waals surface area contributed by atoms with Gasteiger partial charge in [-0.05, 0) is 56.5 Å². The summed E-state index contributed by atoms with van der Waals surface area (Å²) in [5.74, 6) is -0.174. The molecule has 1 aliphatic heterocycles. The fraction of sp³-hybridized carbons (Fsp3) is 0.400. The van der Waals surface area contributed by atoms with E-state index in [4.69, 9.17) is 11.6 Å². The number of piperidine rings is 1. The van der Waals surface area contributed by atoms with Gasteiger partial charge in [-0.25, -0.2) is 13.4 Å². The molecule has 2 aromatic rings. The molecule has 1 aromatic carbocycles. The first kappa shape index (κ1) is 22.1. The van der Waals surface area contributed by atoms with Crippen LogP contribution in [-0.4, -0.2) is 42.0 Å². The molecule has 3 rings (SSSR count). The molecule has 0 bridgehead atoms. The molecule has 1 aromatic heterocycles. The van der Waals surface area contributed by atoms with Gasteiger partial charge in [0.05, 0.1) is 10.3 Å². The maximum atomic E-state index is 12.7. The Balaban J connectivity index is 1.64. The Hall–Kier alpha value is -1.61. The maximum Gasteiger partial charge on any atom is 0.244 e. The summed E-state index contributed by atoms with van der Waals surface area (Å²) < 4.78 is 26.9. The minimum absolute atomic E-state index is 0.174. The number of rotatable bonds is 6. The van der Waals surface area contributed by atoms with E-state index in [1.807, 2.05) is 13.0 Å². The number of aromatic nitrogens is 1. The van der Waals surface area contributed by atoms with Crippen molar-refractivity contribution < 1.29 is 13.2 Å². The number of thioether (sulfide) groups is 1. The SMILES string of the molecule is Cc1ccc(Cl)cc1NC(=O)C(C)Sc1ccc(S(=O)(=O)N2CCCCC2)cn1. The van der Waals surface area contributed by atoms with Crippen molar-refractivity contribution in [1.82, 2.24) is 9.29 Å². The lowest BCUT2D eigenvalue weighted by molar-refractivity contribution is -0.115. The number of hydrogen-bond donors (Lipinski definition) is 1. The zero-order valence-electron chi connectivity index (χ0n) is 16.4. The van der Waals surface area contributed by atoms with Gasteiger partial charge in [0.25, 0.3) is 0 Å². The molecule has 0 saturated carbocycles. The second kappa shape index (κ2) is 9.47. The highest BCUT2D eigenvalue weighted by Crippen LogP contribution is 2.26. The Labute approximate surface area is 181 Å². The normalized spacial score (nSPS) is 16.4. The van der Waals surface area contributed by atoms with Crippen LogP contribution in [0, 0.1) is 6.92 Å². The smallest absolute Gasteiger partial charge is 0.244 e. The van der Waals surface area contributed by atoms with E-state index >= 15 is 0 Å². The average molecular weight is 454 g/mol. The van der Waals surface area contributed by atoms with Crippen LogP contribution in [0.15, 0.2) is 46.5 Å². The van der Waals surface area contributed by atoms with Crippen LogP contribution in [0.3, 0.4) is 0 Å². The standard InChI is InChI=1S/C20H24ClN3O3S2/c1-14-6-7-16(21)12-18(14)23-20(25)15(2)28-19-9-8-17(13-22-19)29(26,27)24-10-4-3-5-11-24/h6-9,12-13,15H,3-5,10-11H2,1-2H3,(H,23,25). The molecule has 1 fully saturated rings. The monoisotopic (exact) mass is 453 g/mol. The van der Waals surface area contributed by atoms with Gasteiger partial charge in [-0.3, -0.25) is 4.79 Å². The minimum atomic E-state index is -3.50. The number of nitrogens with one attached hydrogen (secondary N) is 1. The third-order valence-corrected chi connectivity index (χ3v) is 7.95. The van der Waals surface area contributed by atoms with Crippen LogP contribution in [0.4, 0.5) is 5.69 Å². The molecule has 6 nitrogen and oxygen atoms in total. The zero-order chi connectivity index (χ0) is 21.0. The van der Waals surface area contributed by atoms with Crippen LogP contribution in [0.1, 0.15) is 31.7 Å². The average Bonchev–Trinajstić information content (AvgIpc) is 2.71. The van der Waals surface area contributed by atoms with Gasteiger partial charge in [0.2, 0.25) is 15.9 Å². The number of sulfonamides is 1. The quantitative estimate of drug-likeness (QED) is 0.658. The van der Waals surface area contributed by atoms with E-state index in [0.29, 0.717) is 28.8 Å². The fourth-order valence-corrected chi connectivity index (χ4v) is 5.46. The van der Waals surface area contributed by atoms with Crippen molar-refractivity contribution in [1.29, 1.82) is 0 Å². The molecule has 1 saturated heterocycles. The molecular formula is C20H24ClN3O3S2. The van der Waals surface area contributed by atoms with Crippen molar-refractivity contribution >= 4 is 45.0 Å². The number of pyridine rings is 1. The van der Waals surface area contributed by atoms with Crippen molar-refractivity contribution in [2.45, 2.75) is 48.3 Å². The lowest BCUT2D eigenvalue weighted by atomic mass is 10.2. The maximum absolute atomic E-state index is 12.7. The largest absolute Gasteiger partial charge is 0.325 e. The number of aryl methyl sites for hydroxylation is 1. The molecule has 156 valence electrons. The van der Waals surface area contributed by atoms with E-state index in [0.717, 1.165) is 24.8 Å². The zero-order valence-corrected chi connectivity index (χ0v) is 18.8. The molecule has 0 spiro atoms. The molecule has 0 radical (unpaired) electrons. The van der Waals surface area contributed by atoms with Crippen LogP contribution in [0.25, 0.3) is 0 Å². The molecule has 9 heteroatoms. The van der Waals surface area contributed by atoms with Gasteiger partial charge in [0, 0.05) is 30.0 Å². The van der Waals surface area contributed by atoms with E-state index in [1.54, 1.807) is 31.2 Å². The Morgan fingerprint density at radius 3 is 2.59 bits per heavy atom. The third kappa shape index (κ3) is 5.51. The summed E-state index contributed by atoms with van der Waals surface area (Å²) in [7, 11) is -3.50. The van der Waals surface area contributed by atoms with Gasteiger partial charge in [-0.15, -0.1) is 0 Å². The first-order chi connectivity index (χ1) is 13.8. The van der Waals surface area contributed by atoms with Crippen LogP contribution in [0.2, 0.25) is 5.02 Å². The van der Waals surface area contributed by atoms with Crippen LogP contribution in [0.5, 0.6) is 0 Å². The predicted octanol–water partition coefficient (Wildman–Crippen LogP) is 4.34. The highest BCUT2D eigenvalue weighted by atomic mass is 35.5. The highest BCUT2D eigenvalue weighted by Gasteiger charge is 2.26. The number of carbonyl (C=O) groups excluding carboxylic acids is 1. The van der Waals surface area contributed by atoms with Gasteiger partial charge in [0.1, 0.15) is 4.90 Å². The number of carbonyl (C=O) groups is 1. The minimum Gasteiger partial charge on any atom is -0.325 e.